The lowest BCUT2D eigenvalue weighted by Crippen LogP contribution is -2.18. The topological polar surface area (TPSA) is 68.5 Å². The molecule has 0 spiro atoms. The minimum Gasteiger partial charge on any atom is -0.481 e. The minimum absolute atomic E-state index is 0.245. The van der Waals surface area contributed by atoms with Gasteiger partial charge in [-0.1, -0.05) is 15.9 Å². The molecular formula is C12H10BrNO4. The van der Waals surface area contributed by atoms with Crippen LogP contribution in [0.15, 0.2) is 33.5 Å². The lowest BCUT2D eigenvalue weighted by Gasteiger charge is -2.10. The van der Waals surface area contributed by atoms with Crippen LogP contribution in [0.1, 0.15) is 0 Å². The Kier molecular flexibility index (Phi) is 3.38. The summed E-state index contributed by atoms with van der Waals surface area (Å²) in [5.74, 6) is -0.810. The van der Waals surface area contributed by atoms with Crippen LogP contribution in [0, 0.1) is 0 Å². The summed E-state index contributed by atoms with van der Waals surface area (Å²) >= 11 is 3.33. The second-order valence-corrected chi connectivity index (χ2v) is 4.67. The van der Waals surface area contributed by atoms with Gasteiger partial charge in [0.2, 0.25) is 0 Å². The van der Waals surface area contributed by atoms with Gasteiger partial charge in [0, 0.05) is 23.0 Å². The summed E-state index contributed by atoms with van der Waals surface area (Å²) in [6.45, 7) is -0.477. The predicted octanol–water partition coefficient (Wildman–Crippen LogP) is 1.76. The Hall–Kier alpha value is -1.82. The zero-order valence-corrected chi connectivity index (χ0v) is 11.1. The van der Waals surface area contributed by atoms with Crippen molar-refractivity contribution in [1.29, 1.82) is 0 Å². The van der Waals surface area contributed by atoms with Crippen molar-refractivity contribution < 1.29 is 14.6 Å². The third kappa shape index (κ3) is 2.38. The summed E-state index contributed by atoms with van der Waals surface area (Å²) < 4.78 is 7.45. The Balaban J connectivity index is 2.64. The van der Waals surface area contributed by atoms with E-state index in [2.05, 4.69) is 15.9 Å². The molecule has 5 nitrogen and oxygen atoms in total. The molecule has 0 unspecified atom stereocenters. The van der Waals surface area contributed by atoms with Crippen LogP contribution in [-0.2, 0) is 11.8 Å². The first-order valence-corrected chi connectivity index (χ1v) is 5.92. The minimum atomic E-state index is -1.08. The van der Waals surface area contributed by atoms with Crippen LogP contribution >= 0.6 is 15.9 Å². The number of aromatic nitrogens is 1. The molecule has 1 aromatic heterocycles. The number of hydrogen-bond donors (Lipinski definition) is 1. The number of rotatable bonds is 3. The Morgan fingerprint density at radius 2 is 2.17 bits per heavy atom. The maximum atomic E-state index is 11.7. The van der Waals surface area contributed by atoms with Crippen molar-refractivity contribution in [2.45, 2.75) is 0 Å². The summed E-state index contributed by atoms with van der Waals surface area (Å²) in [7, 11) is 1.65. The highest BCUT2D eigenvalue weighted by Crippen LogP contribution is 2.26. The monoisotopic (exact) mass is 311 g/mol. The summed E-state index contributed by atoms with van der Waals surface area (Å²) in [5, 5.41) is 9.30. The Morgan fingerprint density at radius 3 is 2.83 bits per heavy atom. The number of ether oxygens (including phenoxy) is 1. The highest BCUT2D eigenvalue weighted by atomic mass is 79.9. The highest BCUT2D eigenvalue weighted by molar-refractivity contribution is 9.10. The van der Waals surface area contributed by atoms with Gasteiger partial charge in [-0.15, -0.1) is 0 Å². The molecule has 0 atom stereocenters. The lowest BCUT2D eigenvalue weighted by atomic mass is 10.2. The molecule has 0 saturated carbocycles. The van der Waals surface area contributed by atoms with Gasteiger partial charge in [0.05, 0.1) is 5.52 Å². The average molecular weight is 312 g/mol. The number of aliphatic carboxylic acids is 1. The number of nitrogens with zero attached hydrogens (tertiary/aromatic N) is 1. The molecular weight excluding hydrogens is 302 g/mol. The molecule has 18 heavy (non-hydrogen) atoms. The Bertz CT molecular complexity index is 678. The van der Waals surface area contributed by atoms with Crippen molar-refractivity contribution in [3.05, 3.63) is 39.1 Å². The van der Waals surface area contributed by atoms with Crippen LogP contribution in [0.5, 0.6) is 5.75 Å². The van der Waals surface area contributed by atoms with Crippen LogP contribution in [-0.4, -0.2) is 22.2 Å². The molecule has 6 heteroatoms. The first-order chi connectivity index (χ1) is 8.49. The van der Waals surface area contributed by atoms with E-state index in [9.17, 15) is 9.59 Å². The van der Waals surface area contributed by atoms with E-state index >= 15 is 0 Å². The number of hydrogen-bond acceptors (Lipinski definition) is 3. The van der Waals surface area contributed by atoms with Crippen molar-refractivity contribution in [3.8, 4) is 5.75 Å². The van der Waals surface area contributed by atoms with Crippen molar-refractivity contribution in [2.75, 3.05) is 6.61 Å². The Labute approximate surface area is 111 Å². The summed E-state index contributed by atoms with van der Waals surface area (Å²) in [5.41, 5.74) is 0.441. The largest absolute Gasteiger partial charge is 0.481 e. The van der Waals surface area contributed by atoms with Gasteiger partial charge >= 0.3 is 5.97 Å². The fourth-order valence-corrected chi connectivity index (χ4v) is 2.02. The van der Waals surface area contributed by atoms with Gasteiger partial charge in [-0.25, -0.2) is 4.79 Å². The van der Waals surface area contributed by atoms with Gasteiger partial charge < -0.3 is 14.4 Å². The first-order valence-electron chi connectivity index (χ1n) is 5.13. The number of halogens is 1. The van der Waals surface area contributed by atoms with E-state index in [0.717, 1.165) is 4.47 Å². The van der Waals surface area contributed by atoms with E-state index in [1.807, 2.05) is 6.07 Å². The molecule has 0 saturated heterocycles. The number of fused-ring (bicyclic) bond motifs is 1. The summed E-state index contributed by atoms with van der Waals surface area (Å²) in [6, 6.07) is 6.65. The SMILES string of the molecule is Cn1c(=O)cc(OCC(=O)O)c2cc(Br)ccc21. The van der Waals surface area contributed by atoms with E-state index in [1.165, 1.54) is 10.6 Å². The van der Waals surface area contributed by atoms with Gasteiger partial charge in [0.25, 0.3) is 5.56 Å². The van der Waals surface area contributed by atoms with Crippen molar-refractivity contribution in [1.82, 2.24) is 4.57 Å². The number of aryl methyl sites for hydroxylation is 1. The molecule has 0 fully saturated rings. The van der Waals surface area contributed by atoms with Gasteiger partial charge in [-0.2, -0.15) is 0 Å². The third-order valence-electron chi connectivity index (χ3n) is 2.52. The maximum Gasteiger partial charge on any atom is 0.341 e. The first kappa shape index (κ1) is 12.6. The van der Waals surface area contributed by atoms with E-state index in [-0.39, 0.29) is 11.3 Å². The van der Waals surface area contributed by atoms with Crippen LogP contribution < -0.4 is 10.3 Å². The molecule has 2 aromatic rings. The molecule has 0 aliphatic heterocycles. The van der Waals surface area contributed by atoms with E-state index in [0.29, 0.717) is 10.9 Å². The predicted molar refractivity (Wildman–Crippen MR) is 70.0 cm³/mol. The molecule has 0 radical (unpaired) electrons. The second kappa shape index (κ2) is 4.81. The third-order valence-corrected chi connectivity index (χ3v) is 3.01. The molecule has 0 amide bonds. The number of benzene rings is 1. The second-order valence-electron chi connectivity index (χ2n) is 3.75. The van der Waals surface area contributed by atoms with Crippen LogP contribution in [0.3, 0.4) is 0 Å². The molecule has 1 heterocycles. The van der Waals surface area contributed by atoms with Crippen molar-refractivity contribution in [3.63, 3.8) is 0 Å². The van der Waals surface area contributed by atoms with Crippen LogP contribution in [0.4, 0.5) is 0 Å². The molecule has 2 rings (SSSR count). The molecule has 94 valence electrons. The van der Waals surface area contributed by atoms with Crippen molar-refractivity contribution in [2.24, 2.45) is 7.05 Å². The smallest absolute Gasteiger partial charge is 0.341 e. The number of pyridine rings is 1. The molecule has 1 N–H and O–H groups in total. The normalized spacial score (nSPS) is 10.6. The van der Waals surface area contributed by atoms with Gasteiger partial charge in [-0.05, 0) is 18.2 Å². The van der Waals surface area contributed by atoms with Crippen LogP contribution in [0.2, 0.25) is 0 Å². The lowest BCUT2D eigenvalue weighted by molar-refractivity contribution is -0.139. The zero-order chi connectivity index (χ0) is 13.3. The molecule has 1 aromatic carbocycles. The highest BCUT2D eigenvalue weighted by Gasteiger charge is 2.09. The molecule has 0 aliphatic carbocycles. The van der Waals surface area contributed by atoms with Crippen LogP contribution in [0.25, 0.3) is 10.9 Å². The number of carboxylic acid groups (broad SMARTS) is 1. The molecule has 0 bridgehead atoms. The van der Waals surface area contributed by atoms with Crippen molar-refractivity contribution >= 4 is 32.8 Å². The molecule has 0 aliphatic rings. The van der Waals surface area contributed by atoms with Gasteiger partial charge in [-0.3, -0.25) is 4.79 Å². The standard InChI is InChI=1S/C12H10BrNO4/c1-14-9-3-2-7(13)4-8(9)10(5-11(14)15)18-6-12(16)17/h2-5H,6H2,1H3,(H,16,17). The van der Waals surface area contributed by atoms with Gasteiger partial charge in [0.15, 0.2) is 6.61 Å². The fourth-order valence-electron chi connectivity index (χ4n) is 1.66. The number of carbonyl (C=O) groups is 1. The average Bonchev–Trinajstić information content (AvgIpc) is 2.31. The fraction of sp³-hybridized carbons (Fsp3) is 0.167. The Morgan fingerprint density at radius 1 is 1.44 bits per heavy atom. The van der Waals surface area contributed by atoms with Gasteiger partial charge in [0.1, 0.15) is 5.75 Å². The summed E-state index contributed by atoms with van der Waals surface area (Å²) in [6.07, 6.45) is 0. The maximum absolute atomic E-state index is 11.7. The quantitative estimate of drug-likeness (QED) is 0.938. The van der Waals surface area contributed by atoms with E-state index in [4.69, 9.17) is 9.84 Å². The zero-order valence-electron chi connectivity index (χ0n) is 9.51. The number of carboxylic acids is 1. The van der Waals surface area contributed by atoms with E-state index < -0.39 is 12.6 Å². The van der Waals surface area contributed by atoms with E-state index in [1.54, 1.807) is 19.2 Å². The summed E-state index contributed by atoms with van der Waals surface area (Å²) in [4.78, 5) is 22.2.